The first-order chi connectivity index (χ1) is 41.0. The van der Waals surface area contributed by atoms with Crippen molar-refractivity contribution in [3.63, 3.8) is 0 Å². The summed E-state index contributed by atoms with van der Waals surface area (Å²) in [5.74, 6) is -0.937. The van der Waals surface area contributed by atoms with E-state index in [1.54, 1.807) is 0 Å². The van der Waals surface area contributed by atoms with Crippen molar-refractivity contribution < 1.29 is 28.6 Å². The zero-order valence-electron chi connectivity index (χ0n) is 54.4. The molecule has 474 valence electrons. The van der Waals surface area contributed by atoms with Gasteiger partial charge >= 0.3 is 17.9 Å². The Morgan fingerprint density at radius 2 is 0.470 bits per heavy atom. The van der Waals surface area contributed by atoms with Crippen LogP contribution in [0.3, 0.4) is 0 Å². The summed E-state index contributed by atoms with van der Waals surface area (Å²) in [5, 5.41) is 0. The summed E-state index contributed by atoms with van der Waals surface area (Å²) in [5.41, 5.74) is 0. The van der Waals surface area contributed by atoms with Crippen molar-refractivity contribution in [2.45, 2.75) is 335 Å². The Morgan fingerprint density at radius 1 is 0.253 bits per heavy atom. The van der Waals surface area contributed by atoms with E-state index in [2.05, 4.69) is 142 Å². The molecule has 83 heavy (non-hydrogen) atoms. The molecule has 0 saturated carbocycles. The van der Waals surface area contributed by atoms with E-state index >= 15 is 0 Å². The number of carbonyl (C=O) groups excluding carboxylic acids is 3. The molecule has 0 aliphatic heterocycles. The normalized spacial score (nSPS) is 12.9. The van der Waals surface area contributed by atoms with Crippen LogP contribution in [0.2, 0.25) is 0 Å². The third-order valence-electron chi connectivity index (χ3n) is 14.9. The van der Waals surface area contributed by atoms with E-state index in [9.17, 15) is 14.4 Å². The summed E-state index contributed by atoms with van der Waals surface area (Å²) < 4.78 is 17.0. The highest BCUT2D eigenvalue weighted by Gasteiger charge is 2.19. The van der Waals surface area contributed by atoms with E-state index in [4.69, 9.17) is 14.2 Å². The molecule has 0 aliphatic rings. The van der Waals surface area contributed by atoms with E-state index in [-0.39, 0.29) is 37.5 Å². The van der Waals surface area contributed by atoms with Crippen molar-refractivity contribution in [2.75, 3.05) is 13.2 Å². The zero-order valence-corrected chi connectivity index (χ0v) is 54.4. The highest BCUT2D eigenvalue weighted by atomic mass is 16.6. The van der Waals surface area contributed by atoms with Crippen molar-refractivity contribution in [1.82, 2.24) is 0 Å². The molecule has 0 fully saturated rings. The summed E-state index contributed by atoms with van der Waals surface area (Å²) >= 11 is 0. The Labute approximate surface area is 513 Å². The predicted octanol–water partition coefficient (Wildman–Crippen LogP) is 24.3. The molecule has 0 aromatic heterocycles. The molecular weight excluding hydrogens is 1020 g/mol. The van der Waals surface area contributed by atoms with Gasteiger partial charge in [-0.05, 0) is 135 Å². The smallest absolute Gasteiger partial charge is 0.306 e. The fourth-order valence-electron chi connectivity index (χ4n) is 9.68. The molecule has 0 amide bonds. The second kappa shape index (κ2) is 70.3. The highest BCUT2D eigenvalue weighted by Crippen LogP contribution is 2.16. The third kappa shape index (κ3) is 68.5. The minimum absolute atomic E-state index is 0.0985. The molecule has 6 heteroatoms. The van der Waals surface area contributed by atoms with Crippen LogP contribution in [0.4, 0.5) is 0 Å². The SMILES string of the molecule is CC/C=C\C/C=C\C/C=C\C/C=C\C/C=C\C/C=C\CCCCC(=O)OC(COC(=O)CCCCCCCCCCC/C=C\C/C=C\CCCCC)COC(=O)CCCCCCCCCCCCCCC/C=C\C/C=C\CCCCCCC. The quantitative estimate of drug-likeness (QED) is 0.0261. The number of unbranched alkanes of at least 4 members (excludes halogenated alkanes) is 32. The van der Waals surface area contributed by atoms with Crippen molar-refractivity contribution in [2.24, 2.45) is 0 Å². The summed E-state index contributed by atoms with van der Waals surface area (Å²) in [6.07, 6.45) is 97.9. The number of allylic oxidation sites excluding steroid dienone is 20. The van der Waals surface area contributed by atoms with Crippen LogP contribution in [0.5, 0.6) is 0 Å². The van der Waals surface area contributed by atoms with Crippen LogP contribution in [0.15, 0.2) is 122 Å². The Balaban J connectivity index is 4.44. The molecule has 0 bridgehead atoms. The molecule has 6 nitrogen and oxygen atoms in total. The molecule has 1 atom stereocenters. The maximum atomic E-state index is 12.9. The largest absolute Gasteiger partial charge is 0.462 e. The Bertz CT molecular complexity index is 1700. The topological polar surface area (TPSA) is 78.9 Å². The summed E-state index contributed by atoms with van der Waals surface area (Å²) in [4.78, 5) is 38.5. The Kier molecular flexibility index (Phi) is 66.7. The van der Waals surface area contributed by atoms with Crippen molar-refractivity contribution in [3.05, 3.63) is 122 Å². The van der Waals surface area contributed by atoms with Crippen LogP contribution in [0, 0.1) is 0 Å². The average molecular weight is 1150 g/mol. The fraction of sp³-hybridized carbons (Fsp3) is 0.701. The molecule has 0 aromatic carbocycles. The molecule has 0 radical (unpaired) electrons. The summed E-state index contributed by atoms with van der Waals surface area (Å²) in [6, 6.07) is 0. The van der Waals surface area contributed by atoms with E-state index in [1.807, 2.05) is 0 Å². The van der Waals surface area contributed by atoms with Gasteiger partial charge in [0.05, 0.1) is 0 Å². The second-order valence-corrected chi connectivity index (χ2v) is 23.1. The summed E-state index contributed by atoms with van der Waals surface area (Å²) in [6.45, 7) is 6.48. The standard InChI is InChI=1S/C77H130O6/c1-4-7-10-13-16-19-22-25-28-31-34-36-37-38-39-41-43-46-49-52-55-58-61-64-67-70-76(79)82-73-74(72-81-75(78)69-66-63-60-57-54-51-48-45-42-33-30-27-24-21-18-15-12-9-6-3)83-77(80)71-68-65-62-59-56-53-50-47-44-40-35-32-29-26-23-20-17-14-11-8-5-2/h8,11,17-18,20-22,25-27,29-31,34-35,40,47,50,56,59,74H,4-7,9-10,12-16,19,23-24,28,32-33,36-39,41-46,48-49,51-55,57-58,60-73H2,1-3H3/b11-8-,20-17-,21-18-,25-22-,29-26-,30-27-,34-31-,40-35-,50-47-,59-56-. The monoisotopic (exact) mass is 1150 g/mol. The fourth-order valence-corrected chi connectivity index (χ4v) is 9.68. The first-order valence-electron chi connectivity index (χ1n) is 35.0. The molecule has 0 rings (SSSR count). The van der Waals surface area contributed by atoms with Crippen LogP contribution in [-0.2, 0) is 28.6 Å². The van der Waals surface area contributed by atoms with Gasteiger partial charge in [0.1, 0.15) is 13.2 Å². The summed E-state index contributed by atoms with van der Waals surface area (Å²) in [7, 11) is 0. The average Bonchev–Trinajstić information content (AvgIpc) is 3.50. The van der Waals surface area contributed by atoms with Gasteiger partial charge in [0, 0.05) is 19.3 Å². The molecule has 0 N–H and O–H groups in total. The minimum Gasteiger partial charge on any atom is -0.462 e. The maximum absolute atomic E-state index is 12.9. The van der Waals surface area contributed by atoms with E-state index in [0.717, 1.165) is 103 Å². The molecule has 1 unspecified atom stereocenters. The predicted molar refractivity (Wildman–Crippen MR) is 362 cm³/mol. The maximum Gasteiger partial charge on any atom is 0.306 e. The number of rotatable bonds is 63. The molecule has 0 heterocycles. The van der Waals surface area contributed by atoms with E-state index in [0.29, 0.717) is 19.3 Å². The number of esters is 3. The Morgan fingerprint density at radius 3 is 0.783 bits per heavy atom. The molecule has 0 saturated heterocycles. The number of carbonyl (C=O) groups is 3. The first kappa shape index (κ1) is 78.8. The lowest BCUT2D eigenvalue weighted by Gasteiger charge is -2.18. The van der Waals surface area contributed by atoms with Gasteiger partial charge < -0.3 is 14.2 Å². The van der Waals surface area contributed by atoms with Gasteiger partial charge in [-0.1, -0.05) is 296 Å². The van der Waals surface area contributed by atoms with Crippen LogP contribution in [0.1, 0.15) is 329 Å². The second-order valence-electron chi connectivity index (χ2n) is 23.1. The van der Waals surface area contributed by atoms with Gasteiger partial charge in [-0.15, -0.1) is 0 Å². The molecule has 0 spiro atoms. The van der Waals surface area contributed by atoms with Crippen LogP contribution >= 0.6 is 0 Å². The van der Waals surface area contributed by atoms with E-state index < -0.39 is 6.10 Å². The number of hydrogen-bond acceptors (Lipinski definition) is 6. The lowest BCUT2D eigenvalue weighted by Crippen LogP contribution is -2.30. The Hall–Kier alpha value is -4.19. The van der Waals surface area contributed by atoms with Crippen molar-refractivity contribution in [1.29, 1.82) is 0 Å². The van der Waals surface area contributed by atoms with Gasteiger partial charge in [0.15, 0.2) is 6.10 Å². The number of hydrogen-bond donors (Lipinski definition) is 0. The van der Waals surface area contributed by atoms with E-state index in [1.165, 1.54) is 180 Å². The van der Waals surface area contributed by atoms with Gasteiger partial charge in [-0.2, -0.15) is 0 Å². The van der Waals surface area contributed by atoms with Crippen molar-refractivity contribution >= 4 is 17.9 Å². The lowest BCUT2D eigenvalue weighted by molar-refractivity contribution is -0.167. The lowest BCUT2D eigenvalue weighted by atomic mass is 10.0. The van der Waals surface area contributed by atoms with Gasteiger partial charge in [-0.25, -0.2) is 0 Å². The number of ether oxygens (including phenoxy) is 3. The third-order valence-corrected chi connectivity index (χ3v) is 14.9. The van der Waals surface area contributed by atoms with Gasteiger partial charge in [-0.3, -0.25) is 14.4 Å². The van der Waals surface area contributed by atoms with Gasteiger partial charge in [0.25, 0.3) is 0 Å². The molecular formula is C77H130O6. The zero-order chi connectivity index (χ0) is 59.9. The van der Waals surface area contributed by atoms with Crippen LogP contribution < -0.4 is 0 Å². The first-order valence-corrected chi connectivity index (χ1v) is 35.0. The van der Waals surface area contributed by atoms with Crippen LogP contribution in [-0.4, -0.2) is 37.2 Å². The van der Waals surface area contributed by atoms with Crippen LogP contribution in [0.25, 0.3) is 0 Å². The highest BCUT2D eigenvalue weighted by molar-refractivity contribution is 5.71. The van der Waals surface area contributed by atoms with Crippen molar-refractivity contribution in [3.8, 4) is 0 Å². The molecule has 0 aliphatic carbocycles. The minimum atomic E-state index is -0.809. The molecule has 0 aromatic rings. The van der Waals surface area contributed by atoms with Gasteiger partial charge in [0.2, 0.25) is 0 Å².